The SMILES string of the molecule is O=C(Nc1ccccc1C(=O)Nc1ccc(-n2ccnc2)c(F)c1)c1ccsc1. The minimum absolute atomic E-state index is 0.273. The maximum Gasteiger partial charge on any atom is 0.257 e. The monoisotopic (exact) mass is 406 g/mol. The summed E-state index contributed by atoms with van der Waals surface area (Å²) >= 11 is 1.41. The molecule has 0 saturated carbocycles. The number of carbonyl (C=O) groups excluding carboxylic acids is 2. The molecule has 6 nitrogen and oxygen atoms in total. The number of halogens is 1. The number of anilines is 2. The van der Waals surface area contributed by atoms with E-state index < -0.39 is 11.7 Å². The Labute approximate surface area is 169 Å². The molecule has 0 spiro atoms. The lowest BCUT2D eigenvalue weighted by molar-refractivity contribution is 0.102. The van der Waals surface area contributed by atoms with Crippen molar-refractivity contribution in [3.05, 3.63) is 95.0 Å². The van der Waals surface area contributed by atoms with E-state index in [1.807, 2.05) is 0 Å². The van der Waals surface area contributed by atoms with E-state index in [9.17, 15) is 14.0 Å². The van der Waals surface area contributed by atoms with Crippen LogP contribution in [0.4, 0.5) is 15.8 Å². The van der Waals surface area contributed by atoms with E-state index in [0.717, 1.165) is 0 Å². The van der Waals surface area contributed by atoms with Crippen LogP contribution < -0.4 is 10.6 Å². The van der Waals surface area contributed by atoms with Crippen molar-refractivity contribution in [2.45, 2.75) is 0 Å². The fraction of sp³-hybridized carbons (Fsp3) is 0. The topological polar surface area (TPSA) is 76.0 Å². The van der Waals surface area contributed by atoms with Gasteiger partial charge in [0.05, 0.1) is 28.8 Å². The minimum Gasteiger partial charge on any atom is -0.322 e. The van der Waals surface area contributed by atoms with Crippen molar-refractivity contribution in [3.8, 4) is 5.69 Å². The van der Waals surface area contributed by atoms with Crippen LogP contribution in [0.2, 0.25) is 0 Å². The fourth-order valence-electron chi connectivity index (χ4n) is 2.77. The lowest BCUT2D eigenvalue weighted by atomic mass is 10.1. The molecule has 0 aliphatic heterocycles. The molecular formula is C21H15FN4O2S. The molecule has 0 saturated heterocycles. The highest BCUT2D eigenvalue weighted by Gasteiger charge is 2.15. The molecule has 4 aromatic rings. The van der Waals surface area contributed by atoms with Crippen molar-refractivity contribution in [2.24, 2.45) is 0 Å². The van der Waals surface area contributed by atoms with Gasteiger partial charge in [0.15, 0.2) is 0 Å². The second-order valence-electron chi connectivity index (χ2n) is 6.10. The smallest absolute Gasteiger partial charge is 0.257 e. The number of nitrogens with zero attached hydrogens (tertiary/aromatic N) is 2. The van der Waals surface area contributed by atoms with Gasteiger partial charge in [-0.15, -0.1) is 0 Å². The Morgan fingerprint density at radius 2 is 1.90 bits per heavy atom. The zero-order chi connectivity index (χ0) is 20.2. The quantitative estimate of drug-likeness (QED) is 0.509. The van der Waals surface area contributed by atoms with Gasteiger partial charge in [-0.2, -0.15) is 11.3 Å². The fourth-order valence-corrected chi connectivity index (χ4v) is 3.41. The Balaban J connectivity index is 1.53. The van der Waals surface area contributed by atoms with Gasteiger partial charge in [-0.05, 0) is 41.8 Å². The first-order valence-electron chi connectivity index (χ1n) is 8.63. The molecule has 144 valence electrons. The van der Waals surface area contributed by atoms with Gasteiger partial charge in [0.1, 0.15) is 5.82 Å². The van der Waals surface area contributed by atoms with E-state index in [1.54, 1.807) is 65.6 Å². The van der Waals surface area contributed by atoms with Gasteiger partial charge in [-0.1, -0.05) is 12.1 Å². The molecule has 0 bridgehead atoms. The molecular weight excluding hydrogens is 391 g/mol. The van der Waals surface area contributed by atoms with Crippen LogP contribution in [0.3, 0.4) is 0 Å². The Hall–Kier alpha value is -3.78. The highest BCUT2D eigenvalue weighted by molar-refractivity contribution is 7.08. The summed E-state index contributed by atoms with van der Waals surface area (Å²) in [6, 6.07) is 12.7. The van der Waals surface area contributed by atoms with E-state index >= 15 is 0 Å². The number of para-hydroxylation sites is 1. The van der Waals surface area contributed by atoms with Crippen molar-refractivity contribution < 1.29 is 14.0 Å². The third kappa shape index (κ3) is 4.07. The Bertz CT molecular complexity index is 1160. The Morgan fingerprint density at radius 3 is 2.62 bits per heavy atom. The summed E-state index contributed by atoms with van der Waals surface area (Å²) in [5.41, 5.74) is 1.79. The third-order valence-corrected chi connectivity index (χ3v) is 4.87. The Morgan fingerprint density at radius 1 is 1.03 bits per heavy atom. The normalized spacial score (nSPS) is 10.5. The third-order valence-electron chi connectivity index (χ3n) is 4.19. The summed E-state index contributed by atoms with van der Waals surface area (Å²) in [5.74, 6) is -1.26. The van der Waals surface area contributed by atoms with Gasteiger partial charge in [0, 0.05) is 23.5 Å². The number of aromatic nitrogens is 2. The van der Waals surface area contributed by atoms with Gasteiger partial charge in [0.25, 0.3) is 11.8 Å². The molecule has 4 rings (SSSR count). The second kappa shape index (κ2) is 8.07. The number of amides is 2. The first kappa shape index (κ1) is 18.6. The Kier molecular flexibility index (Phi) is 5.17. The van der Waals surface area contributed by atoms with E-state index in [-0.39, 0.29) is 11.5 Å². The van der Waals surface area contributed by atoms with E-state index in [1.165, 1.54) is 28.3 Å². The molecule has 0 fully saturated rings. The summed E-state index contributed by atoms with van der Waals surface area (Å²) < 4.78 is 16.0. The molecule has 0 atom stereocenters. The second-order valence-corrected chi connectivity index (χ2v) is 6.88. The molecule has 2 heterocycles. The number of nitrogens with one attached hydrogen (secondary N) is 2. The molecule has 0 unspecified atom stereocenters. The van der Waals surface area contributed by atoms with Crippen LogP contribution in [-0.2, 0) is 0 Å². The highest BCUT2D eigenvalue weighted by Crippen LogP contribution is 2.21. The number of hydrogen-bond acceptors (Lipinski definition) is 4. The minimum atomic E-state index is -0.500. The molecule has 2 amide bonds. The van der Waals surface area contributed by atoms with Crippen molar-refractivity contribution in [1.82, 2.24) is 9.55 Å². The van der Waals surface area contributed by atoms with Crippen molar-refractivity contribution in [2.75, 3.05) is 10.6 Å². The van der Waals surface area contributed by atoms with Crippen LogP contribution in [0.1, 0.15) is 20.7 Å². The number of carbonyl (C=O) groups is 2. The van der Waals surface area contributed by atoms with Crippen molar-refractivity contribution in [3.63, 3.8) is 0 Å². The molecule has 29 heavy (non-hydrogen) atoms. The van der Waals surface area contributed by atoms with Crippen molar-refractivity contribution >= 4 is 34.5 Å². The van der Waals surface area contributed by atoms with Gasteiger partial charge >= 0.3 is 0 Å². The summed E-state index contributed by atoms with van der Waals surface area (Å²) in [4.78, 5) is 28.9. The summed E-state index contributed by atoms with van der Waals surface area (Å²) in [5, 5.41) is 8.93. The van der Waals surface area contributed by atoms with Crippen molar-refractivity contribution in [1.29, 1.82) is 0 Å². The summed E-state index contributed by atoms with van der Waals surface area (Å²) in [6.45, 7) is 0. The predicted molar refractivity (Wildman–Crippen MR) is 110 cm³/mol. The van der Waals surface area contributed by atoms with Gasteiger partial charge < -0.3 is 15.2 Å². The average Bonchev–Trinajstić information content (AvgIpc) is 3.43. The zero-order valence-corrected chi connectivity index (χ0v) is 15.8. The molecule has 0 aliphatic rings. The first-order chi connectivity index (χ1) is 14.1. The van der Waals surface area contributed by atoms with Crippen LogP contribution >= 0.6 is 11.3 Å². The molecule has 2 aromatic carbocycles. The standard InChI is InChI=1S/C21H15FN4O2S/c22-17-11-15(5-6-19(17)26-9-8-23-13-26)24-21(28)16-3-1-2-4-18(16)25-20(27)14-7-10-29-12-14/h1-13H,(H,24,28)(H,25,27). The van der Waals surface area contributed by atoms with Gasteiger partial charge in [0.2, 0.25) is 0 Å². The largest absolute Gasteiger partial charge is 0.322 e. The molecule has 0 aliphatic carbocycles. The average molecular weight is 406 g/mol. The van der Waals surface area contributed by atoms with E-state index in [0.29, 0.717) is 22.6 Å². The van der Waals surface area contributed by atoms with Crippen LogP contribution in [0.25, 0.3) is 5.69 Å². The number of hydrogen-bond donors (Lipinski definition) is 2. The number of benzene rings is 2. The van der Waals surface area contributed by atoms with Gasteiger partial charge in [-0.3, -0.25) is 9.59 Å². The number of rotatable bonds is 5. The number of imidazole rings is 1. The zero-order valence-electron chi connectivity index (χ0n) is 15.0. The molecule has 0 radical (unpaired) electrons. The summed E-state index contributed by atoms with van der Waals surface area (Å²) in [6.07, 6.45) is 4.67. The van der Waals surface area contributed by atoms with Crippen LogP contribution in [0.5, 0.6) is 0 Å². The highest BCUT2D eigenvalue weighted by atomic mass is 32.1. The maximum absolute atomic E-state index is 14.4. The number of thiophene rings is 1. The lowest BCUT2D eigenvalue weighted by Crippen LogP contribution is -2.18. The van der Waals surface area contributed by atoms with E-state index in [2.05, 4.69) is 15.6 Å². The van der Waals surface area contributed by atoms with E-state index in [4.69, 9.17) is 0 Å². The molecule has 8 heteroatoms. The lowest BCUT2D eigenvalue weighted by Gasteiger charge is -2.12. The van der Waals surface area contributed by atoms with Gasteiger partial charge in [-0.25, -0.2) is 9.37 Å². The predicted octanol–water partition coefficient (Wildman–Crippen LogP) is 4.58. The molecule has 2 N–H and O–H groups in total. The van der Waals surface area contributed by atoms with Crippen LogP contribution in [0, 0.1) is 5.82 Å². The van der Waals surface area contributed by atoms with Crippen LogP contribution in [0.15, 0.2) is 78.0 Å². The first-order valence-corrected chi connectivity index (χ1v) is 9.58. The maximum atomic E-state index is 14.4. The summed E-state index contributed by atoms with van der Waals surface area (Å²) in [7, 11) is 0. The molecule has 2 aromatic heterocycles. The van der Waals surface area contributed by atoms with Crippen LogP contribution in [-0.4, -0.2) is 21.4 Å².